The maximum Gasteiger partial charge on any atom is 0.327 e. The van der Waals surface area contributed by atoms with Gasteiger partial charge in [-0.2, -0.15) is 0 Å². The van der Waals surface area contributed by atoms with Crippen LogP contribution in [-0.2, 0) is 0 Å². The molecule has 7 heteroatoms. The fourth-order valence-corrected chi connectivity index (χ4v) is 3.90. The zero-order valence-corrected chi connectivity index (χ0v) is 18.4. The zero-order valence-electron chi connectivity index (χ0n) is 18.4. The first-order valence-corrected chi connectivity index (χ1v) is 11.2. The summed E-state index contributed by atoms with van der Waals surface area (Å²) in [7, 11) is 0. The Morgan fingerprint density at radius 3 is 2.67 bits per heavy atom. The molecule has 1 unspecified atom stereocenters. The number of nitrogens with one attached hydrogen (secondary N) is 2. The molecule has 1 fully saturated rings. The number of rotatable bonds is 2. The number of amides is 2. The van der Waals surface area contributed by atoms with Crippen LogP contribution in [0.4, 0.5) is 27.8 Å². The number of hydrogen-bond donors (Lipinski definition) is 2. The second-order valence-corrected chi connectivity index (χ2v) is 7.69. The van der Waals surface area contributed by atoms with Crippen LogP contribution in [0.2, 0.25) is 0 Å². The van der Waals surface area contributed by atoms with Gasteiger partial charge < -0.3 is 15.5 Å². The number of aromatic nitrogens is 2. The van der Waals surface area contributed by atoms with Gasteiger partial charge in [0.2, 0.25) is 0 Å². The molecule has 1 saturated heterocycles. The van der Waals surface area contributed by atoms with Crippen LogP contribution in [-0.4, -0.2) is 42.2 Å². The number of piperidine rings is 1. The topological polar surface area (TPSA) is 73.4 Å². The summed E-state index contributed by atoms with van der Waals surface area (Å²) in [4.78, 5) is 26.1. The first-order valence-electron chi connectivity index (χ1n) is 11.2. The molecule has 7 nitrogen and oxygen atoms in total. The Bertz CT molecular complexity index is 813. The van der Waals surface area contributed by atoms with Crippen molar-refractivity contribution in [2.45, 2.75) is 46.5 Å². The summed E-state index contributed by atoms with van der Waals surface area (Å²) in [6.07, 6.45) is 7.75. The summed E-state index contributed by atoms with van der Waals surface area (Å²) in [5.74, 6) is 2.33. The number of fused-ring (bicyclic) bond motifs is 1. The van der Waals surface area contributed by atoms with Crippen molar-refractivity contribution in [1.29, 1.82) is 0 Å². The predicted octanol–water partition coefficient (Wildman–Crippen LogP) is 4.98. The van der Waals surface area contributed by atoms with Crippen molar-refractivity contribution in [2.75, 3.05) is 46.6 Å². The summed E-state index contributed by atoms with van der Waals surface area (Å²) in [5, 5.41) is 6.41. The highest BCUT2D eigenvalue weighted by atomic mass is 16.2. The molecule has 2 aliphatic rings. The van der Waals surface area contributed by atoms with Crippen LogP contribution < -0.4 is 20.4 Å². The molecule has 0 aromatic carbocycles. The number of anilines is 4. The normalized spacial score (nSPS) is 18.7. The van der Waals surface area contributed by atoms with E-state index in [1.54, 1.807) is 29.4 Å². The number of carbonyl (C=O) groups excluding carboxylic acids is 1. The second kappa shape index (κ2) is 10.8. The smallest absolute Gasteiger partial charge is 0.327 e. The Labute approximate surface area is 179 Å². The number of nitrogens with zero attached hydrogens (tertiary/aromatic N) is 4. The maximum atomic E-state index is 13.0. The van der Waals surface area contributed by atoms with E-state index in [-0.39, 0.29) is 6.03 Å². The largest absolute Gasteiger partial charge is 0.382 e. The van der Waals surface area contributed by atoms with Crippen LogP contribution in [0.3, 0.4) is 0 Å². The molecule has 0 spiro atoms. The molecule has 0 aliphatic carbocycles. The van der Waals surface area contributed by atoms with Gasteiger partial charge in [-0.15, -0.1) is 0 Å². The van der Waals surface area contributed by atoms with Gasteiger partial charge in [0.15, 0.2) is 5.82 Å². The molecule has 0 radical (unpaired) electrons. The standard InChI is InChI=1S/C21H28N6O.C2H6/c1-16-5-4-13-26(15-16)19-7-6-18-20(25-19)27(14-3-2-10-23-18)21(28)24-17-8-11-22-12-9-17;1-2/h6-9,11-12,16,23H,2-5,10,13-15H2,1H3,(H,22,24,28);1-2H3. The van der Waals surface area contributed by atoms with E-state index in [1.807, 2.05) is 13.8 Å². The molecule has 0 bridgehead atoms. The van der Waals surface area contributed by atoms with E-state index in [0.717, 1.165) is 49.7 Å². The van der Waals surface area contributed by atoms with Gasteiger partial charge in [0.1, 0.15) is 5.82 Å². The molecule has 162 valence electrons. The monoisotopic (exact) mass is 410 g/mol. The average molecular weight is 411 g/mol. The van der Waals surface area contributed by atoms with Crippen LogP contribution in [0.15, 0.2) is 36.7 Å². The minimum absolute atomic E-state index is 0.159. The summed E-state index contributed by atoms with van der Waals surface area (Å²) in [5.41, 5.74) is 1.65. The maximum absolute atomic E-state index is 13.0. The molecular weight excluding hydrogens is 376 g/mol. The van der Waals surface area contributed by atoms with Gasteiger partial charge in [-0.25, -0.2) is 9.78 Å². The Kier molecular flexibility index (Phi) is 7.88. The van der Waals surface area contributed by atoms with E-state index in [9.17, 15) is 4.79 Å². The van der Waals surface area contributed by atoms with Crippen molar-refractivity contribution in [3.63, 3.8) is 0 Å². The van der Waals surface area contributed by atoms with Crippen molar-refractivity contribution in [1.82, 2.24) is 9.97 Å². The summed E-state index contributed by atoms with van der Waals surface area (Å²) in [6, 6.07) is 7.56. The van der Waals surface area contributed by atoms with Crippen LogP contribution in [0, 0.1) is 5.92 Å². The third-order valence-corrected chi connectivity index (χ3v) is 5.40. The first kappa shape index (κ1) is 21.9. The fraction of sp³-hybridized carbons (Fsp3) is 0.522. The Hall–Kier alpha value is -2.83. The van der Waals surface area contributed by atoms with Crippen molar-refractivity contribution in [3.05, 3.63) is 36.7 Å². The third kappa shape index (κ3) is 5.40. The van der Waals surface area contributed by atoms with Gasteiger partial charge >= 0.3 is 6.03 Å². The quantitative estimate of drug-likeness (QED) is 0.730. The molecule has 2 aromatic rings. The Balaban J connectivity index is 0.00000124. The molecule has 4 rings (SSSR count). The molecule has 30 heavy (non-hydrogen) atoms. The van der Waals surface area contributed by atoms with Gasteiger partial charge in [0, 0.05) is 44.3 Å². The van der Waals surface area contributed by atoms with Crippen LogP contribution in [0.1, 0.15) is 46.5 Å². The van der Waals surface area contributed by atoms with E-state index < -0.39 is 0 Å². The van der Waals surface area contributed by atoms with Crippen molar-refractivity contribution in [3.8, 4) is 0 Å². The lowest BCUT2D eigenvalue weighted by Gasteiger charge is -2.33. The van der Waals surface area contributed by atoms with Gasteiger partial charge in [-0.1, -0.05) is 20.8 Å². The predicted molar refractivity (Wildman–Crippen MR) is 125 cm³/mol. The molecule has 2 aromatic heterocycles. The molecule has 4 heterocycles. The van der Waals surface area contributed by atoms with Crippen molar-refractivity contribution in [2.24, 2.45) is 5.92 Å². The molecule has 1 atom stereocenters. The summed E-state index contributed by atoms with van der Waals surface area (Å²) in [6.45, 7) is 9.87. The lowest BCUT2D eigenvalue weighted by atomic mass is 10.0. The highest BCUT2D eigenvalue weighted by Crippen LogP contribution is 2.31. The second-order valence-electron chi connectivity index (χ2n) is 7.69. The summed E-state index contributed by atoms with van der Waals surface area (Å²) < 4.78 is 0. The third-order valence-electron chi connectivity index (χ3n) is 5.40. The number of carbonyl (C=O) groups is 1. The molecule has 0 saturated carbocycles. The number of urea groups is 1. The minimum Gasteiger partial charge on any atom is -0.382 e. The van der Waals surface area contributed by atoms with E-state index in [4.69, 9.17) is 4.98 Å². The van der Waals surface area contributed by atoms with Gasteiger partial charge in [0.25, 0.3) is 0 Å². The van der Waals surface area contributed by atoms with Crippen molar-refractivity contribution < 1.29 is 4.79 Å². The Morgan fingerprint density at radius 1 is 1.10 bits per heavy atom. The van der Waals surface area contributed by atoms with E-state index in [1.165, 1.54) is 12.8 Å². The molecule has 2 N–H and O–H groups in total. The fourth-order valence-electron chi connectivity index (χ4n) is 3.90. The molecular formula is C23H34N6O. The van der Waals surface area contributed by atoms with Crippen LogP contribution in [0.25, 0.3) is 0 Å². The highest BCUT2D eigenvalue weighted by Gasteiger charge is 2.24. The lowest BCUT2D eigenvalue weighted by Crippen LogP contribution is -2.39. The van der Waals surface area contributed by atoms with Gasteiger partial charge in [-0.05, 0) is 55.9 Å². The zero-order chi connectivity index (χ0) is 21.3. The Morgan fingerprint density at radius 2 is 1.90 bits per heavy atom. The average Bonchev–Trinajstić information content (AvgIpc) is 2.76. The SMILES string of the molecule is CC.CC1CCCN(c2ccc3c(n2)N(C(=O)Nc2ccncc2)CCCCN3)C1. The van der Waals surface area contributed by atoms with Gasteiger partial charge in [-0.3, -0.25) is 9.88 Å². The lowest BCUT2D eigenvalue weighted by molar-refractivity contribution is 0.256. The van der Waals surface area contributed by atoms with E-state index >= 15 is 0 Å². The highest BCUT2D eigenvalue weighted by molar-refractivity contribution is 6.03. The van der Waals surface area contributed by atoms with E-state index in [0.29, 0.717) is 18.3 Å². The van der Waals surface area contributed by atoms with Crippen LogP contribution >= 0.6 is 0 Å². The molecule has 2 amide bonds. The summed E-state index contributed by atoms with van der Waals surface area (Å²) >= 11 is 0. The van der Waals surface area contributed by atoms with Gasteiger partial charge in [0.05, 0.1) is 5.69 Å². The van der Waals surface area contributed by atoms with Crippen LogP contribution in [0.5, 0.6) is 0 Å². The van der Waals surface area contributed by atoms with Crippen molar-refractivity contribution >= 4 is 29.0 Å². The first-order chi connectivity index (χ1) is 14.7. The molecule has 2 aliphatic heterocycles. The number of hydrogen-bond acceptors (Lipinski definition) is 5. The minimum atomic E-state index is -0.159. The van der Waals surface area contributed by atoms with E-state index in [2.05, 4.69) is 39.6 Å². The number of pyridine rings is 2.